The Morgan fingerprint density at radius 2 is 1.76 bits per heavy atom. The number of amides is 2. The third kappa shape index (κ3) is 3.36. The Morgan fingerprint density at radius 1 is 1.10 bits per heavy atom. The first-order chi connectivity index (χ1) is 9.90. The number of hydrogen-bond acceptors (Lipinski definition) is 5. The Kier molecular flexibility index (Phi) is 4.52. The zero-order valence-electron chi connectivity index (χ0n) is 12.5. The summed E-state index contributed by atoms with van der Waals surface area (Å²) in [6, 6.07) is 0. The number of thiophene rings is 1. The van der Waals surface area contributed by atoms with Crippen LogP contribution < -0.4 is 10.6 Å². The van der Waals surface area contributed by atoms with Crippen LogP contribution >= 0.6 is 11.3 Å². The maximum absolute atomic E-state index is 12.2. The fraction of sp³-hybridized carbons (Fsp3) is 0.429. The number of nitrogens with zero attached hydrogens (tertiary/aromatic N) is 2. The summed E-state index contributed by atoms with van der Waals surface area (Å²) in [6.07, 6.45) is 0. The SMILES string of the molecule is CC(=O)NCCNC(=O)c1sc2nc(C)nc(C)c2c1C. The van der Waals surface area contributed by atoms with Crippen molar-refractivity contribution in [3.63, 3.8) is 0 Å². The van der Waals surface area contributed by atoms with Crippen LogP contribution in [-0.4, -0.2) is 34.9 Å². The van der Waals surface area contributed by atoms with Crippen LogP contribution in [0, 0.1) is 20.8 Å². The van der Waals surface area contributed by atoms with Gasteiger partial charge in [0.2, 0.25) is 5.91 Å². The molecule has 0 fully saturated rings. The first kappa shape index (κ1) is 15.4. The number of carbonyl (C=O) groups is 2. The number of fused-ring (bicyclic) bond motifs is 1. The first-order valence-electron chi connectivity index (χ1n) is 6.67. The maximum atomic E-state index is 12.2. The summed E-state index contributed by atoms with van der Waals surface area (Å²) in [5, 5.41) is 6.39. The van der Waals surface area contributed by atoms with Crippen molar-refractivity contribution < 1.29 is 9.59 Å². The van der Waals surface area contributed by atoms with Crippen molar-refractivity contribution in [3.8, 4) is 0 Å². The van der Waals surface area contributed by atoms with Gasteiger partial charge in [-0.2, -0.15) is 0 Å². The predicted octanol–water partition coefficient (Wildman–Crippen LogP) is 1.48. The number of aryl methyl sites for hydroxylation is 3. The van der Waals surface area contributed by atoms with Gasteiger partial charge in [-0.15, -0.1) is 11.3 Å². The average molecular weight is 306 g/mol. The van der Waals surface area contributed by atoms with Crippen LogP contribution in [0.25, 0.3) is 10.2 Å². The van der Waals surface area contributed by atoms with Crippen LogP contribution in [0.3, 0.4) is 0 Å². The molecule has 0 aliphatic rings. The third-order valence-electron chi connectivity index (χ3n) is 3.07. The lowest BCUT2D eigenvalue weighted by molar-refractivity contribution is -0.118. The van der Waals surface area contributed by atoms with Crippen molar-refractivity contribution in [3.05, 3.63) is 22.0 Å². The quantitative estimate of drug-likeness (QED) is 0.838. The Hall–Kier alpha value is -2.02. The molecule has 0 bridgehead atoms. The van der Waals surface area contributed by atoms with Gasteiger partial charge in [-0.25, -0.2) is 9.97 Å². The van der Waals surface area contributed by atoms with Gasteiger partial charge < -0.3 is 10.6 Å². The molecule has 2 aromatic heterocycles. The number of nitrogens with one attached hydrogen (secondary N) is 2. The molecule has 7 heteroatoms. The molecule has 2 aromatic rings. The Labute approximate surface area is 127 Å². The average Bonchev–Trinajstić information content (AvgIpc) is 2.71. The molecule has 0 unspecified atom stereocenters. The monoisotopic (exact) mass is 306 g/mol. The van der Waals surface area contributed by atoms with E-state index in [0.717, 1.165) is 21.5 Å². The standard InChI is InChI=1S/C14H18N4O2S/c1-7-11-8(2)17-9(3)18-14(11)21-12(7)13(20)16-6-5-15-10(4)19/h5-6H2,1-4H3,(H,15,19)(H,16,20). The fourth-order valence-electron chi connectivity index (χ4n) is 2.19. The van der Waals surface area contributed by atoms with Gasteiger partial charge in [0.1, 0.15) is 10.7 Å². The fourth-order valence-corrected chi connectivity index (χ4v) is 3.38. The topological polar surface area (TPSA) is 84.0 Å². The van der Waals surface area contributed by atoms with E-state index in [9.17, 15) is 9.59 Å². The summed E-state index contributed by atoms with van der Waals surface area (Å²) in [5.74, 6) is 0.459. The molecule has 0 aliphatic heterocycles. The minimum atomic E-state index is -0.141. The van der Waals surface area contributed by atoms with Crippen molar-refractivity contribution in [1.82, 2.24) is 20.6 Å². The molecule has 112 valence electrons. The summed E-state index contributed by atoms with van der Waals surface area (Å²) < 4.78 is 0. The molecule has 0 spiro atoms. The van der Waals surface area contributed by atoms with Crippen LogP contribution in [0.1, 0.15) is 33.7 Å². The third-order valence-corrected chi connectivity index (χ3v) is 4.26. The van der Waals surface area contributed by atoms with Gasteiger partial charge in [0.15, 0.2) is 0 Å². The lowest BCUT2D eigenvalue weighted by Gasteiger charge is -2.05. The van der Waals surface area contributed by atoms with Gasteiger partial charge >= 0.3 is 0 Å². The number of aromatic nitrogens is 2. The van der Waals surface area contributed by atoms with Crippen LogP contribution in [0.15, 0.2) is 0 Å². The van der Waals surface area contributed by atoms with Gasteiger partial charge in [-0.3, -0.25) is 9.59 Å². The smallest absolute Gasteiger partial charge is 0.261 e. The van der Waals surface area contributed by atoms with E-state index in [1.54, 1.807) is 0 Å². The van der Waals surface area contributed by atoms with E-state index in [4.69, 9.17) is 0 Å². The summed E-state index contributed by atoms with van der Waals surface area (Å²) in [5.41, 5.74) is 1.80. The van der Waals surface area contributed by atoms with E-state index in [1.165, 1.54) is 18.3 Å². The lowest BCUT2D eigenvalue weighted by atomic mass is 10.1. The van der Waals surface area contributed by atoms with Gasteiger partial charge in [0, 0.05) is 31.1 Å². The second-order valence-corrected chi connectivity index (χ2v) is 5.83. The van der Waals surface area contributed by atoms with Crippen molar-refractivity contribution in [2.24, 2.45) is 0 Å². The molecule has 2 heterocycles. The molecule has 21 heavy (non-hydrogen) atoms. The maximum Gasteiger partial charge on any atom is 0.261 e. The number of rotatable bonds is 4. The molecule has 2 amide bonds. The molecule has 0 aliphatic carbocycles. The largest absolute Gasteiger partial charge is 0.355 e. The van der Waals surface area contributed by atoms with E-state index >= 15 is 0 Å². The van der Waals surface area contributed by atoms with Crippen LogP contribution in [-0.2, 0) is 4.79 Å². The first-order valence-corrected chi connectivity index (χ1v) is 7.48. The summed E-state index contributed by atoms with van der Waals surface area (Å²) in [6.45, 7) is 7.94. The highest BCUT2D eigenvalue weighted by Gasteiger charge is 2.18. The minimum absolute atomic E-state index is 0.108. The van der Waals surface area contributed by atoms with Gasteiger partial charge in [0.05, 0.1) is 4.88 Å². The normalized spacial score (nSPS) is 10.7. The molecular formula is C14H18N4O2S. The van der Waals surface area contributed by atoms with Crippen molar-refractivity contribution in [2.75, 3.05) is 13.1 Å². The van der Waals surface area contributed by atoms with Gasteiger partial charge in [-0.1, -0.05) is 0 Å². The zero-order chi connectivity index (χ0) is 15.6. The molecule has 0 saturated carbocycles. The number of carbonyl (C=O) groups excluding carboxylic acids is 2. The van der Waals surface area contributed by atoms with E-state index in [-0.39, 0.29) is 11.8 Å². The van der Waals surface area contributed by atoms with Crippen LogP contribution in [0.5, 0.6) is 0 Å². The molecule has 0 saturated heterocycles. The van der Waals surface area contributed by atoms with Crippen molar-refractivity contribution in [1.29, 1.82) is 0 Å². The molecule has 0 atom stereocenters. The zero-order valence-corrected chi connectivity index (χ0v) is 13.3. The van der Waals surface area contributed by atoms with Crippen molar-refractivity contribution in [2.45, 2.75) is 27.7 Å². The molecular weight excluding hydrogens is 288 g/mol. The van der Waals surface area contributed by atoms with Crippen LogP contribution in [0.4, 0.5) is 0 Å². The summed E-state index contributed by atoms with van der Waals surface area (Å²) >= 11 is 1.37. The Bertz CT molecular complexity index is 709. The number of hydrogen-bond donors (Lipinski definition) is 2. The Morgan fingerprint density at radius 3 is 2.43 bits per heavy atom. The summed E-state index contributed by atoms with van der Waals surface area (Å²) in [7, 11) is 0. The molecule has 2 rings (SSSR count). The Balaban J connectivity index is 2.18. The van der Waals surface area contributed by atoms with E-state index in [2.05, 4.69) is 20.6 Å². The highest BCUT2D eigenvalue weighted by molar-refractivity contribution is 7.20. The molecule has 6 nitrogen and oxygen atoms in total. The van der Waals surface area contributed by atoms with Gasteiger partial charge in [-0.05, 0) is 26.3 Å². The van der Waals surface area contributed by atoms with E-state index in [0.29, 0.717) is 23.8 Å². The molecule has 2 N–H and O–H groups in total. The van der Waals surface area contributed by atoms with Crippen molar-refractivity contribution >= 4 is 33.4 Å². The van der Waals surface area contributed by atoms with Gasteiger partial charge in [0.25, 0.3) is 5.91 Å². The lowest BCUT2D eigenvalue weighted by Crippen LogP contribution is -2.33. The molecule has 0 radical (unpaired) electrons. The predicted molar refractivity (Wildman–Crippen MR) is 82.6 cm³/mol. The highest BCUT2D eigenvalue weighted by atomic mass is 32.1. The molecule has 0 aromatic carbocycles. The minimum Gasteiger partial charge on any atom is -0.355 e. The van der Waals surface area contributed by atoms with E-state index in [1.807, 2.05) is 20.8 Å². The summed E-state index contributed by atoms with van der Waals surface area (Å²) in [4.78, 5) is 33.2. The van der Waals surface area contributed by atoms with Crippen LogP contribution in [0.2, 0.25) is 0 Å². The second-order valence-electron chi connectivity index (χ2n) is 4.83. The highest BCUT2D eigenvalue weighted by Crippen LogP contribution is 2.30. The second kappa shape index (κ2) is 6.17. The van der Waals surface area contributed by atoms with E-state index < -0.39 is 0 Å².